The lowest BCUT2D eigenvalue weighted by Crippen LogP contribution is -2.05. The highest BCUT2D eigenvalue weighted by molar-refractivity contribution is 6.30. The topological polar surface area (TPSA) is 26.3 Å². The Morgan fingerprint density at radius 2 is 2.20 bits per heavy atom. The summed E-state index contributed by atoms with van der Waals surface area (Å²) < 4.78 is 4.68. The highest BCUT2D eigenvalue weighted by Crippen LogP contribution is 2.18. The molecule has 0 spiro atoms. The Kier molecular flexibility index (Phi) is 4.92. The Morgan fingerprint density at radius 1 is 1.47 bits per heavy atom. The maximum atomic E-state index is 11.4. The van der Waals surface area contributed by atoms with E-state index in [1.54, 1.807) is 18.2 Å². The molecule has 0 saturated carbocycles. The number of hydrogen-bond acceptors (Lipinski definition) is 2. The lowest BCUT2D eigenvalue weighted by molar-refractivity contribution is 0.0599. The van der Waals surface area contributed by atoms with Crippen molar-refractivity contribution in [2.24, 2.45) is 0 Å². The van der Waals surface area contributed by atoms with Crippen molar-refractivity contribution in [3.63, 3.8) is 0 Å². The SMILES string of the molecule is COC(=O)c1ccc(Cl)cc1CCCCl. The first-order valence-corrected chi connectivity index (χ1v) is 5.53. The Balaban J connectivity index is 2.97. The standard InChI is InChI=1S/C11H12Cl2O2/c1-15-11(14)10-5-4-9(13)7-8(10)3-2-6-12/h4-5,7H,2-3,6H2,1H3. The molecular weight excluding hydrogens is 235 g/mol. The van der Waals surface area contributed by atoms with Crippen LogP contribution < -0.4 is 0 Å². The molecule has 0 atom stereocenters. The van der Waals surface area contributed by atoms with Gasteiger partial charge in [-0.3, -0.25) is 0 Å². The first-order chi connectivity index (χ1) is 7.19. The molecule has 0 aliphatic carbocycles. The third-order valence-electron chi connectivity index (χ3n) is 2.05. The number of esters is 1. The fourth-order valence-electron chi connectivity index (χ4n) is 1.34. The summed E-state index contributed by atoms with van der Waals surface area (Å²) in [5.74, 6) is 0.226. The summed E-state index contributed by atoms with van der Waals surface area (Å²) in [7, 11) is 1.36. The van der Waals surface area contributed by atoms with Crippen LogP contribution in [0.5, 0.6) is 0 Å². The molecule has 0 bridgehead atoms. The molecule has 0 radical (unpaired) electrons. The van der Waals surface area contributed by atoms with Gasteiger partial charge < -0.3 is 4.74 Å². The van der Waals surface area contributed by atoms with Crippen LogP contribution >= 0.6 is 23.2 Å². The largest absolute Gasteiger partial charge is 0.465 e. The van der Waals surface area contributed by atoms with Crippen LogP contribution in [-0.2, 0) is 11.2 Å². The number of ether oxygens (including phenoxy) is 1. The molecule has 1 aromatic carbocycles. The van der Waals surface area contributed by atoms with Gasteiger partial charge in [0.05, 0.1) is 12.7 Å². The predicted octanol–water partition coefficient (Wildman–Crippen LogP) is 3.30. The molecule has 0 aromatic heterocycles. The van der Waals surface area contributed by atoms with Crippen LogP contribution in [0.1, 0.15) is 22.3 Å². The Morgan fingerprint density at radius 3 is 2.80 bits per heavy atom. The molecular formula is C11H12Cl2O2. The predicted molar refractivity (Wildman–Crippen MR) is 61.8 cm³/mol. The third-order valence-corrected chi connectivity index (χ3v) is 2.55. The van der Waals surface area contributed by atoms with Crippen molar-refractivity contribution in [2.75, 3.05) is 13.0 Å². The van der Waals surface area contributed by atoms with Gasteiger partial charge in [-0.25, -0.2) is 4.79 Å². The average molecular weight is 247 g/mol. The van der Waals surface area contributed by atoms with Crippen LogP contribution in [0, 0.1) is 0 Å². The number of carbonyl (C=O) groups is 1. The lowest BCUT2D eigenvalue weighted by Gasteiger charge is -2.07. The van der Waals surface area contributed by atoms with Crippen LogP contribution in [0.15, 0.2) is 18.2 Å². The van der Waals surface area contributed by atoms with Crippen molar-refractivity contribution in [1.82, 2.24) is 0 Å². The first-order valence-electron chi connectivity index (χ1n) is 4.61. The Bertz CT molecular complexity index is 350. The van der Waals surface area contributed by atoms with Crippen molar-refractivity contribution in [2.45, 2.75) is 12.8 Å². The molecule has 0 N–H and O–H groups in total. The monoisotopic (exact) mass is 246 g/mol. The van der Waals surface area contributed by atoms with Crippen LogP contribution in [-0.4, -0.2) is 19.0 Å². The molecule has 2 nitrogen and oxygen atoms in total. The summed E-state index contributed by atoms with van der Waals surface area (Å²) in [5, 5.41) is 0.618. The second-order valence-electron chi connectivity index (χ2n) is 3.09. The minimum absolute atomic E-state index is 0.337. The van der Waals surface area contributed by atoms with Gasteiger partial charge in [0.25, 0.3) is 0 Å². The molecule has 0 heterocycles. The minimum atomic E-state index is -0.337. The number of rotatable bonds is 4. The highest BCUT2D eigenvalue weighted by atomic mass is 35.5. The molecule has 0 aliphatic heterocycles. The smallest absolute Gasteiger partial charge is 0.338 e. The van der Waals surface area contributed by atoms with E-state index in [-0.39, 0.29) is 5.97 Å². The van der Waals surface area contributed by atoms with Gasteiger partial charge in [0.15, 0.2) is 0 Å². The maximum Gasteiger partial charge on any atom is 0.338 e. The summed E-state index contributed by atoms with van der Waals surface area (Å²) in [5.41, 5.74) is 1.45. The van der Waals surface area contributed by atoms with E-state index in [2.05, 4.69) is 4.74 Å². The maximum absolute atomic E-state index is 11.4. The van der Waals surface area contributed by atoms with Gasteiger partial charge in [-0.15, -0.1) is 11.6 Å². The fourth-order valence-corrected chi connectivity index (χ4v) is 1.66. The van der Waals surface area contributed by atoms with E-state index in [0.717, 1.165) is 18.4 Å². The molecule has 0 aliphatic rings. The van der Waals surface area contributed by atoms with Crippen LogP contribution in [0.3, 0.4) is 0 Å². The quantitative estimate of drug-likeness (QED) is 0.602. The van der Waals surface area contributed by atoms with Gasteiger partial charge >= 0.3 is 5.97 Å². The third kappa shape index (κ3) is 3.40. The molecule has 0 amide bonds. The van der Waals surface area contributed by atoms with Crippen LogP contribution in [0.4, 0.5) is 0 Å². The van der Waals surface area contributed by atoms with E-state index < -0.39 is 0 Å². The molecule has 0 saturated heterocycles. The minimum Gasteiger partial charge on any atom is -0.465 e. The van der Waals surface area contributed by atoms with Gasteiger partial charge in [-0.2, -0.15) is 0 Å². The zero-order chi connectivity index (χ0) is 11.3. The molecule has 0 fully saturated rings. The second kappa shape index (κ2) is 5.99. The number of aryl methyl sites for hydroxylation is 1. The number of hydrogen-bond donors (Lipinski definition) is 0. The summed E-state index contributed by atoms with van der Waals surface area (Å²) in [6.07, 6.45) is 1.54. The Labute approximate surface area is 99.1 Å². The zero-order valence-electron chi connectivity index (χ0n) is 8.43. The highest BCUT2D eigenvalue weighted by Gasteiger charge is 2.11. The van der Waals surface area contributed by atoms with Crippen LogP contribution in [0.2, 0.25) is 5.02 Å². The summed E-state index contributed by atoms with van der Waals surface area (Å²) >= 11 is 11.5. The van der Waals surface area contributed by atoms with E-state index in [0.29, 0.717) is 16.5 Å². The van der Waals surface area contributed by atoms with E-state index >= 15 is 0 Å². The molecule has 82 valence electrons. The molecule has 1 aromatic rings. The first kappa shape index (κ1) is 12.3. The van der Waals surface area contributed by atoms with Crippen molar-refractivity contribution >= 4 is 29.2 Å². The average Bonchev–Trinajstić information content (AvgIpc) is 2.25. The Hall–Kier alpha value is -0.730. The number of carbonyl (C=O) groups excluding carboxylic acids is 1. The van der Waals surface area contributed by atoms with Gasteiger partial charge in [0.1, 0.15) is 0 Å². The van der Waals surface area contributed by atoms with E-state index in [9.17, 15) is 4.79 Å². The van der Waals surface area contributed by atoms with E-state index in [1.807, 2.05) is 0 Å². The number of alkyl halides is 1. The van der Waals surface area contributed by atoms with Gasteiger partial charge in [0, 0.05) is 10.9 Å². The summed E-state index contributed by atoms with van der Waals surface area (Å²) in [4.78, 5) is 11.4. The molecule has 15 heavy (non-hydrogen) atoms. The number of benzene rings is 1. The molecule has 0 unspecified atom stereocenters. The summed E-state index contributed by atoms with van der Waals surface area (Å²) in [6, 6.07) is 5.14. The number of halogens is 2. The van der Waals surface area contributed by atoms with Crippen molar-refractivity contribution in [3.05, 3.63) is 34.3 Å². The zero-order valence-corrected chi connectivity index (χ0v) is 9.94. The molecule has 1 rings (SSSR count). The second-order valence-corrected chi connectivity index (χ2v) is 3.90. The van der Waals surface area contributed by atoms with Gasteiger partial charge in [-0.1, -0.05) is 11.6 Å². The lowest BCUT2D eigenvalue weighted by atomic mass is 10.0. The van der Waals surface area contributed by atoms with Gasteiger partial charge in [0.2, 0.25) is 0 Å². The summed E-state index contributed by atoms with van der Waals surface area (Å²) in [6.45, 7) is 0. The van der Waals surface area contributed by atoms with Gasteiger partial charge in [-0.05, 0) is 36.6 Å². The van der Waals surface area contributed by atoms with Crippen molar-refractivity contribution in [3.8, 4) is 0 Å². The molecule has 4 heteroatoms. The number of methoxy groups -OCH3 is 1. The van der Waals surface area contributed by atoms with E-state index in [4.69, 9.17) is 23.2 Å². The van der Waals surface area contributed by atoms with Crippen molar-refractivity contribution < 1.29 is 9.53 Å². The van der Waals surface area contributed by atoms with Crippen LogP contribution in [0.25, 0.3) is 0 Å². The van der Waals surface area contributed by atoms with E-state index in [1.165, 1.54) is 7.11 Å². The fraction of sp³-hybridized carbons (Fsp3) is 0.364. The van der Waals surface area contributed by atoms with Crippen molar-refractivity contribution in [1.29, 1.82) is 0 Å². The normalized spacial score (nSPS) is 10.1.